The summed E-state index contributed by atoms with van der Waals surface area (Å²) in [5, 5.41) is 0.951. The lowest BCUT2D eigenvalue weighted by Gasteiger charge is -2.34. The fraction of sp³-hybridized carbons (Fsp3) is 0.529. The SMILES string of the molecule is CC(C)(C)OC(=O)N1CCCC(C(=O)N(N)c2cccc(F)c2)C1. The Balaban J connectivity index is 2.03. The number of nitrogens with two attached hydrogens (primary N) is 1. The molecule has 1 aliphatic rings. The number of hydrazine groups is 1. The first-order chi connectivity index (χ1) is 11.2. The number of rotatable bonds is 2. The lowest BCUT2D eigenvalue weighted by atomic mass is 9.97. The second kappa shape index (κ2) is 7.17. The summed E-state index contributed by atoms with van der Waals surface area (Å²) in [5.74, 6) is 4.61. The highest BCUT2D eigenvalue weighted by Gasteiger charge is 2.33. The second-order valence-corrected chi connectivity index (χ2v) is 6.95. The first-order valence-corrected chi connectivity index (χ1v) is 7.99. The van der Waals surface area contributed by atoms with Crippen LogP contribution in [0.2, 0.25) is 0 Å². The van der Waals surface area contributed by atoms with Crippen LogP contribution in [0.4, 0.5) is 14.9 Å². The Morgan fingerprint density at radius 1 is 1.38 bits per heavy atom. The van der Waals surface area contributed by atoms with Gasteiger partial charge >= 0.3 is 6.09 Å². The first kappa shape index (κ1) is 18.2. The Labute approximate surface area is 141 Å². The lowest BCUT2D eigenvalue weighted by Crippen LogP contribution is -2.50. The number of amides is 2. The molecule has 2 amide bonds. The molecule has 2 rings (SSSR count). The van der Waals surface area contributed by atoms with Crippen molar-refractivity contribution >= 4 is 17.7 Å². The molecule has 132 valence electrons. The summed E-state index contributed by atoms with van der Waals surface area (Å²) in [4.78, 5) is 26.3. The minimum absolute atomic E-state index is 0.247. The molecule has 1 saturated heterocycles. The highest BCUT2D eigenvalue weighted by atomic mass is 19.1. The number of carbonyl (C=O) groups is 2. The van der Waals surface area contributed by atoms with Gasteiger partial charge < -0.3 is 9.64 Å². The minimum Gasteiger partial charge on any atom is -0.444 e. The zero-order valence-electron chi connectivity index (χ0n) is 14.3. The molecule has 24 heavy (non-hydrogen) atoms. The van der Waals surface area contributed by atoms with Gasteiger partial charge in [0, 0.05) is 13.1 Å². The molecule has 1 aromatic carbocycles. The van der Waals surface area contributed by atoms with Gasteiger partial charge in [0.25, 0.3) is 0 Å². The van der Waals surface area contributed by atoms with Crippen molar-refractivity contribution in [2.45, 2.75) is 39.2 Å². The molecule has 1 aliphatic heterocycles. The van der Waals surface area contributed by atoms with E-state index >= 15 is 0 Å². The summed E-state index contributed by atoms with van der Waals surface area (Å²) >= 11 is 0. The van der Waals surface area contributed by atoms with Crippen molar-refractivity contribution in [3.63, 3.8) is 0 Å². The van der Waals surface area contributed by atoms with Crippen LogP contribution in [0.5, 0.6) is 0 Å². The number of likely N-dealkylation sites (tertiary alicyclic amines) is 1. The van der Waals surface area contributed by atoms with Crippen molar-refractivity contribution in [2.24, 2.45) is 11.8 Å². The topological polar surface area (TPSA) is 75.9 Å². The summed E-state index contributed by atoms with van der Waals surface area (Å²) in [7, 11) is 0. The first-order valence-electron chi connectivity index (χ1n) is 7.99. The summed E-state index contributed by atoms with van der Waals surface area (Å²) in [6.07, 6.45) is 0.877. The number of piperidine rings is 1. The predicted molar refractivity (Wildman–Crippen MR) is 88.6 cm³/mol. The zero-order valence-corrected chi connectivity index (χ0v) is 14.3. The van der Waals surface area contributed by atoms with Gasteiger partial charge in [-0.05, 0) is 51.8 Å². The zero-order chi connectivity index (χ0) is 17.9. The van der Waals surface area contributed by atoms with Gasteiger partial charge in [-0.3, -0.25) is 4.79 Å². The average Bonchev–Trinajstić information content (AvgIpc) is 2.52. The highest BCUT2D eigenvalue weighted by molar-refractivity contribution is 5.94. The maximum atomic E-state index is 13.3. The fourth-order valence-electron chi connectivity index (χ4n) is 2.62. The fourth-order valence-corrected chi connectivity index (χ4v) is 2.62. The van der Waals surface area contributed by atoms with E-state index in [9.17, 15) is 14.0 Å². The number of ether oxygens (including phenoxy) is 1. The van der Waals surface area contributed by atoms with Crippen LogP contribution in [0.15, 0.2) is 24.3 Å². The minimum atomic E-state index is -0.588. The summed E-state index contributed by atoms with van der Waals surface area (Å²) in [5.41, 5.74) is -0.301. The lowest BCUT2D eigenvalue weighted by molar-refractivity contribution is -0.124. The van der Waals surface area contributed by atoms with Gasteiger partial charge in [0.05, 0.1) is 11.6 Å². The van der Waals surface area contributed by atoms with Crippen LogP contribution in [0.1, 0.15) is 33.6 Å². The highest BCUT2D eigenvalue weighted by Crippen LogP contribution is 2.23. The third-order valence-corrected chi connectivity index (χ3v) is 3.75. The summed E-state index contributed by atoms with van der Waals surface area (Å²) < 4.78 is 18.6. The molecule has 1 fully saturated rings. The van der Waals surface area contributed by atoms with E-state index in [1.165, 1.54) is 23.1 Å². The number of halogens is 1. The number of benzene rings is 1. The maximum Gasteiger partial charge on any atom is 0.410 e. The van der Waals surface area contributed by atoms with E-state index in [1.807, 2.05) is 0 Å². The van der Waals surface area contributed by atoms with Crippen LogP contribution >= 0.6 is 0 Å². The van der Waals surface area contributed by atoms with Crippen molar-refractivity contribution in [3.05, 3.63) is 30.1 Å². The largest absolute Gasteiger partial charge is 0.444 e. The molecule has 1 unspecified atom stereocenters. The molecule has 7 heteroatoms. The molecule has 1 heterocycles. The average molecular weight is 337 g/mol. The van der Waals surface area contributed by atoms with E-state index in [1.54, 1.807) is 26.8 Å². The Morgan fingerprint density at radius 3 is 2.71 bits per heavy atom. The van der Waals surface area contributed by atoms with Gasteiger partial charge in [0.15, 0.2) is 0 Å². The summed E-state index contributed by atoms with van der Waals surface area (Å²) in [6, 6.07) is 5.54. The summed E-state index contributed by atoms with van der Waals surface area (Å²) in [6.45, 7) is 6.18. The van der Waals surface area contributed by atoms with Crippen LogP contribution in [-0.4, -0.2) is 35.6 Å². The van der Waals surface area contributed by atoms with Crippen LogP contribution in [0.25, 0.3) is 0 Å². The predicted octanol–water partition coefficient (Wildman–Crippen LogP) is 2.68. The normalized spacial score (nSPS) is 18.2. The molecule has 2 N–H and O–H groups in total. The van der Waals surface area contributed by atoms with E-state index in [0.29, 0.717) is 19.4 Å². The smallest absolute Gasteiger partial charge is 0.410 e. The molecule has 0 aromatic heterocycles. The molecule has 1 atom stereocenters. The molecule has 1 aromatic rings. The van der Waals surface area contributed by atoms with Crippen LogP contribution in [-0.2, 0) is 9.53 Å². The van der Waals surface area contributed by atoms with Crippen LogP contribution in [0.3, 0.4) is 0 Å². The number of hydrogen-bond acceptors (Lipinski definition) is 4. The third kappa shape index (κ3) is 4.67. The van der Waals surface area contributed by atoms with Gasteiger partial charge in [0.2, 0.25) is 5.91 Å². The van der Waals surface area contributed by atoms with Crippen molar-refractivity contribution in [2.75, 3.05) is 18.1 Å². The van der Waals surface area contributed by atoms with E-state index < -0.39 is 23.4 Å². The molecule has 0 radical (unpaired) electrons. The van der Waals surface area contributed by atoms with Gasteiger partial charge in [-0.1, -0.05) is 6.07 Å². The molecule has 0 bridgehead atoms. The molecule has 0 spiro atoms. The molecule has 0 saturated carbocycles. The third-order valence-electron chi connectivity index (χ3n) is 3.75. The Kier molecular flexibility index (Phi) is 5.43. The van der Waals surface area contributed by atoms with E-state index in [4.69, 9.17) is 10.6 Å². The van der Waals surface area contributed by atoms with E-state index in [0.717, 1.165) is 5.01 Å². The van der Waals surface area contributed by atoms with Gasteiger partial charge in [-0.2, -0.15) is 0 Å². The Morgan fingerprint density at radius 2 is 2.08 bits per heavy atom. The quantitative estimate of drug-likeness (QED) is 0.511. The standard InChI is InChI=1S/C17H24FN3O3/c1-17(2,3)24-16(23)20-9-5-6-12(11-20)15(22)21(19)14-8-4-7-13(18)10-14/h4,7-8,10,12H,5-6,9,11,19H2,1-3H3. The monoisotopic (exact) mass is 337 g/mol. The Hall–Kier alpha value is -2.15. The van der Waals surface area contributed by atoms with Crippen LogP contribution in [0, 0.1) is 11.7 Å². The number of hydrogen-bond donors (Lipinski definition) is 1. The molecular formula is C17H24FN3O3. The number of nitrogens with zero attached hydrogens (tertiary/aromatic N) is 2. The molecule has 6 nitrogen and oxygen atoms in total. The van der Waals surface area contributed by atoms with E-state index in [-0.39, 0.29) is 18.1 Å². The Bertz CT molecular complexity index is 615. The van der Waals surface area contributed by atoms with Gasteiger partial charge in [-0.25, -0.2) is 20.0 Å². The van der Waals surface area contributed by atoms with Gasteiger partial charge in [0.1, 0.15) is 11.4 Å². The maximum absolute atomic E-state index is 13.3. The van der Waals surface area contributed by atoms with E-state index in [2.05, 4.69) is 0 Å². The molecule has 0 aliphatic carbocycles. The molecular weight excluding hydrogens is 313 g/mol. The van der Waals surface area contributed by atoms with Crippen LogP contribution < -0.4 is 10.9 Å². The number of carbonyl (C=O) groups excluding carboxylic acids is 2. The van der Waals surface area contributed by atoms with Crippen molar-refractivity contribution in [1.82, 2.24) is 4.90 Å². The number of anilines is 1. The van der Waals surface area contributed by atoms with Crippen molar-refractivity contribution in [1.29, 1.82) is 0 Å². The van der Waals surface area contributed by atoms with Crippen molar-refractivity contribution < 1.29 is 18.7 Å². The van der Waals surface area contributed by atoms with Gasteiger partial charge in [-0.15, -0.1) is 0 Å². The van der Waals surface area contributed by atoms with Crippen molar-refractivity contribution in [3.8, 4) is 0 Å². The second-order valence-electron chi connectivity index (χ2n) is 6.95.